The van der Waals surface area contributed by atoms with E-state index in [4.69, 9.17) is 0 Å². The summed E-state index contributed by atoms with van der Waals surface area (Å²) >= 11 is 2.09. The molecule has 0 amide bonds. The molecule has 2 aliphatic rings. The number of nitrogens with one attached hydrogen (secondary N) is 1. The number of rotatable bonds is 3. The van der Waals surface area contributed by atoms with Gasteiger partial charge in [0.15, 0.2) is 0 Å². The second kappa shape index (κ2) is 5.93. The molecular weight excluding hydrogens is 242 g/mol. The van der Waals surface area contributed by atoms with E-state index in [1.54, 1.807) is 0 Å². The number of piperidine rings is 1. The molecule has 1 N–H and O–H groups in total. The lowest BCUT2D eigenvalue weighted by molar-refractivity contribution is 0.378. The maximum atomic E-state index is 4.43. The van der Waals surface area contributed by atoms with Crippen molar-refractivity contribution in [1.82, 2.24) is 10.3 Å². The lowest BCUT2D eigenvalue weighted by Crippen LogP contribution is -2.46. The predicted molar refractivity (Wildman–Crippen MR) is 78.3 cm³/mol. The van der Waals surface area contributed by atoms with Gasteiger partial charge in [0.1, 0.15) is 5.82 Å². The predicted octanol–water partition coefficient (Wildman–Crippen LogP) is 2.15. The normalized spacial score (nSPS) is 25.6. The highest BCUT2D eigenvalue weighted by Gasteiger charge is 2.23. The van der Waals surface area contributed by atoms with Gasteiger partial charge in [-0.1, -0.05) is 6.07 Å². The summed E-state index contributed by atoms with van der Waals surface area (Å²) < 4.78 is 0. The Hall–Kier alpha value is -0.740. The van der Waals surface area contributed by atoms with Crippen molar-refractivity contribution in [1.29, 1.82) is 0 Å². The molecule has 1 aromatic heterocycles. The SMILES string of the molecule is c1ccc(N2CCC(NC3CCSC3)CC2)nc1. The highest BCUT2D eigenvalue weighted by atomic mass is 32.2. The summed E-state index contributed by atoms with van der Waals surface area (Å²) in [5.74, 6) is 3.78. The van der Waals surface area contributed by atoms with E-state index in [9.17, 15) is 0 Å². The molecule has 3 heterocycles. The first-order valence-corrected chi connectivity index (χ1v) is 8.07. The quantitative estimate of drug-likeness (QED) is 0.904. The second-order valence-electron chi connectivity index (χ2n) is 5.18. The summed E-state index contributed by atoms with van der Waals surface area (Å²) in [6.07, 6.45) is 5.73. The minimum Gasteiger partial charge on any atom is -0.357 e. The van der Waals surface area contributed by atoms with Crippen LogP contribution in [0.1, 0.15) is 19.3 Å². The van der Waals surface area contributed by atoms with Crippen LogP contribution in [0.3, 0.4) is 0 Å². The molecule has 18 heavy (non-hydrogen) atoms. The van der Waals surface area contributed by atoms with Gasteiger partial charge in [0, 0.05) is 37.1 Å². The third-order valence-electron chi connectivity index (χ3n) is 3.87. The summed E-state index contributed by atoms with van der Waals surface area (Å²) in [5.41, 5.74) is 0. The van der Waals surface area contributed by atoms with Crippen molar-refractivity contribution in [3.8, 4) is 0 Å². The van der Waals surface area contributed by atoms with Gasteiger partial charge in [0.05, 0.1) is 0 Å². The Morgan fingerprint density at radius 2 is 2.06 bits per heavy atom. The highest BCUT2D eigenvalue weighted by molar-refractivity contribution is 7.99. The third kappa shape index (κ3) is 2.98. The molecule has 4 heteroatoms. The number of anilines is 1. The monoisotopic (exact) mass is 263 g/mol. The van der Waals surface area contributed by atoms with Gasteiger partial charge in [0.25, 0.3) is 0 Å². The van der Waals surface area contributed by atoms with Crippen molar-refractivity contribution < 1.29 is 0 Å². The van der Waals surface area contributed by atoms with E-state index < -0.39 is 0 Å². The average molecular weight is 263 g/mol. The van der Waals surface area contributed by atoms with E-state index in [2.05, 4.69) is 39.1 Å². The van der Waals surface area contributed by atoms with Crippen LogP contribution >= 0.6 is 11.8 Å². The van der Waals surface area contributed by atoms with Gasteiger partial charge in [-0.25, -0.2) is 4.98 Å². The molecule has 0 aromatic carbocycles. The van der Waals surface area contributed by atoms with Gasteiger partial charge in [-0.3, -0.25) is 0 Å². The first-order chi connectivity index (χ1) is 8.92. The molecule has 3 rings (SSSR count). The van der Waals surface area contributed by atoms with E-state index in [1.165, 1.54) is 30.8 Å². The Kier molecular flexibility index (Phi) is 4.06. The third-order valence-corrected chi connectivity index (χ3v) is 5.03. The summed E-state index contributed by atoms with van der Waals surface area (Å²) in [7, 11) is 0. The molecule has 0 radical (unpaired) electrons. The zero-order valence-electron chi connectivity index (χ0n) is 10.7. The van der Waals surface area contributed by atoms with Crippen LogP contribution in [-0.2, 0) is 0 Å². The van der Waals surface area contributed by atoms with Gasteiger partial charge in [-0.15, -0.1) is 0 Å². The van der Waals surface area contributed by atoms with Crippen LogP contribution in [0.2, 0.25) is 0 Å². The molecule has 0 aliphatic carbocycles. The number of aromatic nitrogens is 1. The van der Waals surface area contributed by atoms with Crippen LogP contribution in [0.4, 0.5) is 5.82 Å². The van der Waals surface area contributed by atoms with E-state index in [0.717, 1.165) is 24.9 Å². The van der Waals surface area contributed by atoms with Crippen LogP contribution in [0.25, 0.3) is 0 Å². The van der Waals surface area contributed by atoms with E-state index >= 15 is 0 Å². The van der Waals surface area contributed by atoms with Crippen LogP contribution < -0.4 is 10.2 Å². The fourth-order valence-electron chi connectivity index (χ4n) is 2.82. The molecule has 2 fully saturated rings. The van der Waals surface area contributed by atoms with Gasteiger partial charge < -0.3 is 10.2 Å². The lowest BCUT2D eigenvalue weighted by atomic mass is 10.0. The van der Waals surface area contributed by atoms with Gasteiger partial charge in [0.2, 0.25) is 0 Å². The zero-order chi connectivity index (χ0) is 12.2. The second-order valence-corrected chi connectivity index (χ2v) is 6.33. The summed E-state index contributed by atoms with van der Waals surface area (Å²) in [6, 6.07) is 7.65. The standard InChI is InChI=1S/C14H21N3S/c1-2-7-15-14(3-1)17-8-4-12(5-9-17)16-13-6-10-18-11-13/h1-3,7,12-13,16H,4-6,8-11H2. The molecule has 1 aromatic rings. The molecule has 2 saturated heterocycles. The van der Waals surface area contributed by atoms with Gasteiger partial charge in [-0.2, -0.15) is 11.8 Å². The molecule has 0 saturated carbocycles. The van der Waals surface area contributed by atoms with Crippen molar-refractivity contribution >= 4 is 17.6 Å². The smallest absolute Gasteiger partial charge is 0.128 e. The van der Waals surface area contributed by atoms with Crippen LogP contribution in [-0.4, -0.2) is 41.7 Å². The number of nitrogens with zero attached hydrogens (tertiary/aromatic N) is 2. The Labute approximate surface area is 113 Å². The van der Waals surface area contributed by atoms with Crippen LogP contribution in [0.5, 0.6) is 0 Å². The lowest BCUT2D eigenvalue weighted by Gasteiger charge is -2.34. The van der Waals surface area contributed by atoms with Crippen LogP contribution in [0, 0.1) is 0 Å². The molecule has 3 nitrogen and oxygen atoms in total. The van der Waals surface area contributed by atoms with Crippen LogP contribution in [0.15, 0.2) is 24.4 Å². The summed E-state index contributed by atoms with van der Waals surface area (Å²) in [4.78, 5) is 6.84. The summed E-state index contributed by atoms with van der Waals surface area (Å²) in [5, 5.41) is 3.82. The molecule has 1 atom stereocenters. The van der Waals surface area contributed by atoms with Crippen molar-refractivity contribution in [3.63, 3.8) is 0 Å². The topological polar surface area (TPSA) is 28.2 Å². The molecule has 0 spiro atoms. The number of hydrogen-bond donors (Lipinski definition) is 1. The van der Waals surface area contributed by atoms with E-state index in [1.807, 2.05) is 12.3 Å². The van der Waals surface area contributed by atoms with E-state index in [-0.39, 0.29) is 0 Å². The maximum absolute atomic E-state index is 4.43. The largest absolute Gasteiger partial charge is 0.357 e. The Morgan fingerprint density at radius 3 is 2.72 bits per heavy atom. The molecule has 0 bridgehead atoms. The van der Waals surface area contributed by atoms with Crippen molar-refractivity contribution in [2.45, 2.75) is 31.3 Å². The first kappa shape index (κ1) is 12.3. The Bertz CT molecular complexity index is 357. The molecular formula is C14H21N3S. The van der Waals surface area contributed by atoms with Gasteiger partial charge >= 0.3 is 0 Å². The first-order valence-electron chi connectivity index (χ1n) is 6.91. The highest BCUT2D eigenvalue weighted by Crippen LogP contribution is 2.21. The summed E-state index contributed by atoms with van der Waals surface area (Å²) in [6.45, 7) is 2.27. The maximum Gasteiger partial charge on any atom is 0.128 e. The fraction of sp³-hybridized carbons (Fsp3) is 0.643. The molecule has 1 unspecified atom stereocenters. The fourth-order valence-corrected chi connectivity index (χ4v) is 3.98. The Balaban J connectivity index is 1.49. The number of thioether (sulfide) groups is 1. The minimum absolute atomic E-state index is 0.716. The number of hydrogen-bond acceptors (Lipinski definition) is 4. The average Bonchev–Trinajstić information content (AvgIpc) is 2.94. The zero-order valence-corrected chi connectivity index (χ0v) is 11.5. The van der Waals surface area contributed by atoms with Crippen molar-refractivity contribution in [2.24, 2.45) is 0 Å². The van der Waals surface area contributed by atoms with Crippen molar-refractivity contribution in [3.05, 3.63) is 24.4 Å². The molecule has 98 valence electrons. The van der Waals surface area contributed by atoms with Crippen molar-refractivity contribution in [2.75, 3.05) is 29.5 Å². The minimum atomic E-state index is 0.716. The van der Waals surface area contributed by atoms with E-state index in [0.29, 0.717) is 6.04 Å². The molecule has 2 aliphatic heterocycles. The number of pyridine rings is 1. The Morgan fingerprint density at radius 1 is 1.17 bits per heavy atom. The van der Waals surface area contributed by atoms with Gasteiger partial charge in [-0.05, 0) is 37.1 Å².